The van der Waals surface area contributed by atoms with Gasteiger partial charge in [0.15, 0.2) is 0 Å². The molecular formula is C11H14O2. The van der Waals surface area contributed by atoms with Crippen molar-refractivity contribution in [2.24, 2.45) is 0 Å². The first-order valence-corrected chi connectivity index (χ1v) is 4.68. The molecule has 1 unspecified atom stereocenters. The topological polar surface area (TPSA) is 29.5 Å². The van der Waals surface area contributed by atoms with Crippen LogP contribution in [0.25, 0.3) is 0 Å². The van der Waals surface area contributed by atoms with E-state index in [1.165, 1.54) is 5.56 Å². The Morgan fingerprint density at radius 3 is 2.92 bits per heavy atom. The molecule has 13 heavy (non-hydrogen) atoms. The summed E-state index contributed by atoms with van der Waals surface area (Å²) in [5.41, 5.74) is 2.29. The van der Waals surface area contributed by atoms with Crippen LogP contribution in [0, 0.1) is 0 Å². The van der Waals surface area contributed by atoms with Gasteiger partial charge in [-0.1, -0.05) is 24.3 Å². The molecule has 0 aliphatic carbocycles. The number of ether oxygens (including phenoxy) is 1. The highest BCUT2D eigenvalue weighted by Crippen LogP contribution is 2.27. The SMILES string of the molecule is OCc1ccccc1C1CCOC1. The molecule has 0 bridgehead atoms. The molecule has 0 aromatic heterocycles. The van der Waals surface area contributed by atoms with E-state index in [1.54, 1.807) is 0 Å². The number of benzene rings is 1. The Hall–Kier alpha value is -0.860. The van der Waals surface area contributed by atoms with Gasteiger partial charge < -0.3 is 9.84 Å². The summed E-state index contributed by atoms with van der Waals surface area (Å²) in [6.07, 6.45) is 1.08. The van der Waals surface area contributed by atoms with E-state index in [0.717, 1.165) is 25.2 Å². The molecule has 2 nitrogen and oxygen atoms in total. The lowest BCUT2D eigenvalue weighted by Crippen LogP contribution is -2.02. The van der Waals surface area contributed by atoms with Crippen molar-refractivity contribution in [3.8, 4) is 0 Å². The summed E-state index contributed by atoms with van der Waals surface area (Å²) in [6.45, 7) is 1.79. The maximum atomic E-state index is 9.14. The highest BCUT2D eigenvalue weighted by atomic mass is 16.5. The Morgan fingerprint density at radius 2 is 2.23 bits per heavy atom. The van der Waals surface area contributed by atoms with Gasteiger partial charge in [-0.2, -0.15) is 0 Å². The molecule has 1 aliphatic heterocycles. The van der Waals surface area contributed by atoms with Gasteiger partial charge in [-0.3, -0.25) is 0 Å². The van der Waals surface area contributed by atoms with Crippen molar-refractivity contribution >= 4 is 0 Å². The molecule has 0 saturated carbocycles. The average Bonchev–Trinajstić information content (AvgIpc) is 2.70. The summed E-state index contributed by atoms with van der Waals surface area (Å²) >= 11 is 0. The van der Waals surface area contributed by atoms with E-state index in [2.05, 4.69) is 6.07 Å². The van der Waals surface area contributed by atoms with E-state index >= 15 is 0 Å². The van der Waals surface area contributed by atoms with Gasteiger partial charge in [0.25, 0.3) is 0 Å². The molecule has 1 aliphatic rings. The van der Waals surface area contributed by atoms with Crippen molar-refractivity contribution in [2.75, 3.05) is 13.2 Å². The summed E-state index contributed by atoms with van der Waals surface area (Å²) in [5, 5.41) is 9.14. The Kier molecular flexibility index (Phi) is 2.62. The van der Waals surface area contributed by atoms with Gasteiger partial charge >= 0.3 is 0 Å². The van der Waals surface area contributed by atoms with Gasteiger partial charge in [-0.05, 0) is 17.5 Å². The van der Waals surface area contributed by atoms with E-state index in [-0.39, 0.29) is 6.61 Å². The van der Waals surface area contributed by atoms with Gasteiger partial charge in [-0.25, -0.2) is 0 Å². The molecule has 1 aromatic carbocycles. The standard InChI is InChI=1S/C11H14O2/c12-7-9-3-1-2-4-11(9)10-5-6-13-8-10/h1-4,10,12H,5-8H2. The summed E-state index contributed by atoms with van der Waals surface area (Å²) in [6, 6.07) is 8.05. The summed E-state index contributed by atoms with van der Waals surface area (Å²) in [7, 11) is 0. The molecule has 0 radical (unpaired) electrons. The predicted octanol–water partition coefficient (Wildman–Crippen LogP) is 1.68. The van der Waals surface area contributed by atoms with Gasteiger partial charge in [-0.15, -0.1) is 0 Å². The second kappa shape index (κ2) is 3.90. The third-order valence-electron chi connectivity index (χ3n) is 2.59. The monoisotopic (exact) mass is 178 g/mol. The van der Waals surface area contributed by atoms with Crippen LogP contribution in [0.1, 0.15) is 23.5 Å². The second-order valence-corrected chi connectivity index (χ2v) is 3.42. The Bertz CT molecular complexity index is 277. The van der Waals surface area contributed by atoms with Crippen LogP contribution in [0.4, 0.5) is 0 Å². The van der Waals surface area contributed by atoms with Crippen LogP contribution >= 0.6 is 0 Å². The van der Waals surface area contributed by atoms with Crippen LogP contribution in [0.5, 0.6) is 0 Å². The number of aliphatic hydroxyl groups excluding tert-OH is 1. The maximum Gasteiger partial charge on any atom is 0.0684 e. The molecule has 0 amide bonds. The highest BCUT2D eigenvalue weighted by molar-refractivity contribution is 5.30. The highest BCUT2D eigenvalue weighted by Gasteiger charge is 2.19. The van der Waals surface area contributed by atoms with Crippen LogP contribution in [0.15, 0.2) is 24.3 Å². The predicted molar refractivity (Wildman–Crippen MR) is 50.5 cm³/mol. The molecule has 1 aromatic rings. The molecule has 1 N–H and O–H groups in total. The average molecular weight is 178 g/mol. The second-order valence-electron chi connectivity index (χ2n) is 3.42. The Balaban J connectivity index is 2.26. The fraction of sp³-hybridized carbons (Fsp3) is 0.455. The van der Waals surface area contributed by atoms with Gasteiger partial charge in [0.2, 0.25) is 0 Å². The minimum Gasteiger partial charge on any atom is -0.392 e. The number of hydrogen-bond donors (Lipinski definition) is 1. The normalized spacial score (nSPS) is 22.1. The van der Waals surface area contributed by atoms with E-state index in [1.807, 2.05) is 18.2 Å². The summed E-state index contributed by atoms with van der Waals surface area (Å²) in [5.74, 6) is 0.489. The van der Waals surface area contributed by atoms with Crippen molar-refractivity contribution < 1.29 is 9.84 Å². The largest absolute Gasteiger partial charge is 0.392 e. The minimum atomic E-state index is 0.132. The number of aliphatic hydroxyl groups is 1. The quantitative estimate of drug-likeness (QED) is 0.746. The summed E-state index contributed by atoms with van der Waals surface area (Å²) < 4.78 is 5.33. The fourth-order valence-corrected chi connectivity index (χ4v) is 1.86. The molecule has 1 saturated heterocycles. The third kappa shape index (κ3) is 1.74. The molecule has 1 fully saturated rings. The van der Waals surface area contributed by atoms with Gasteiger partial charge in [0.05, 0.1) is 13.2 Å². The van der Waals surface area contributed by atoms with Crippen LogP contribution in [-0.4, -0.2) is 18.3 Å². The molecular weight excluding hydrogens is 164 g/mol. The summed E-state index contributed by atoms with van der Waals surface area (Å²) in [4.78, 5) is 0. The maximum absolute atomic E-state index is 9.14. The Labute approximate surface area is 78.2 Å². The lowest BCUT2D eigenvalue weighted by molar-refractivity contribution is 0.193. The van der Waals surface area contributed by atoms with Crippen molar-refractivity contribution in [3.63, 3.8) is 0 Å². The van der Waals surface area contributed by atoms with Crippen molar-refractivity contribution in [3.05, 3.63) is 35.4 Å². The first kappa shape index (κ1) is 8.73. The lowest BCUT2D eigenvalue weighted by atomic mass is 9.94. The van der Waals surface area contributed by atoms with Crippen LogP contribution < -0.4 is 0 Å². The fourth-order valence-electron chi connectivity index (χ4n) is 1.86. The third-order valence-corrected chi connectivity index (χ3v) is 2.59. The smallest absolute Gasteiger partial charge is 0.0684 e. The zero-order chi connectivity index (χ0) is 9.10. The molecule has 0 spiro atoms. The molecule has 2 rings (SSSR count). The molecule has 1 heterocycles. The molecule has 1 atom stereocenters. The Morgan fingerprint density at radius 1 is 1.38 bits per heavy atom. The van der Waals surface area contributed by atoms with E-state index in [9.17, 15) is 0 Å². The zero-order valence-electron chi connectivity index (χ0n) is 7.57. The van der Waals surface area contributed by atoms with Crippen molar-refractivity contribution in [1.82, 2.24) is 0 Å². The number of rotatable bonds is 2. The van der Waals surface area contributed by atoms with Crippen LogP contribution in [0.2, 0.25) is 0 Å². The van der Waals surface area contributed by atoms with E-state index in [4.69, 9.17) is 9.84 Å². The molecule has 2 heteroatoms. The van der Waals surface area contributed by atoms with E-state index in [0.29, 0.717) is 5.92 Å². The molecule has 70 valence electrons. The zero-order valence-corrected chi connectivity index (χ0v) is 7.57. The van der Waals surface area contributed by atoms with Crippen LogP contribution in [0.3, 0.4) is 0 Å². The van der Waals surface area contributed by atoms with Crippen molar-refractivity contribution in [2.45, 2.75) is 18.9 Å². The first-order valence-electron chi connectivity index (χ1n) is 4.68. The number of hydrogen-bond acceptors (Lipinski definition) is 2. The minimum absolute atomic E-state index is 0.132. The van der Waals surface area contributed by atoms with Gasteiger partial charge in [0, 0.05) is 12.5 Å². The lowest BCUT2D eigenvalue weighted by Gasteiger charge is -2.11. The van der Waals surface area contributed by atoms with E-state index < -0.39 is 0 Å². The van der Waals surface area contributed by atoms with Crippen LogP contribution in [-0.2, 0) is 11.3 Å². The van der Waals surface area contributed by atoms with Crippen molar-refractivity contribution in [1.29, 1.82) is 0 Å². The van der Waals surface area contributed by atoms with Gasteiger partial charge in [0.1, 0.15) is 0 Å². The first-order chi connectivity index (χ1) is 6.42.